The zero-order valence-electron chi connectivity index (χ0n) is 7.30. The first-order valence-corrected chi connectivity index (χ1v) is 4.29. The van der Waals surface area contributed by atoms with Gasteiger partial charge in [0.15, 0.2) is 0 Å². The average molecular weight is 191 g/mol. The van der Waals surface area contributed by atoms with Gasteiger partial charge in [-0.25, -0.2) is 0 Å². The number of nitrogens with zero attached hydrogens (tertiary/aromatic N) is 1. The maximum atomic E-state index is 12.7. The Morgan fingerprint density at radius 2 is 2.31 bits per heavy atom. The molecule has 74 valence electrons. The molecule has 0 aromatic rings. The molecular weight excluding hydrogens is 180 g/mol. The minimum absolute atomic E-state index is 0.0173. The average Bonchev–Trinajstić information content (AvgIpc) is 2.60. The van der Waals surface area contributed by atoms with Crippen molar-refractivity contribution in [3.63, 3.8) is 0 Å². The number of halogens is 2. The molecule has 2 rings (SSSR count). The zero-order valence-corrected chi connectivity index (χ0v) is 7.30. The Morgan fingerprint density at radius 1 is 1.62 bits per heavy atom. The molecule has 2 fully saturated rings. The third-order valence-corrected chi connectivity index (χ3v) is 2.54. The standard InChI is InChI=1S/C8H11F2NO2/c1-8(9,10)7(12)11-3-6-2-5(11)4-13-6/h5-6H,2-4H2,1H3. The normalized spacial score (nSPS) is 32.7. The van der Waals surface area contributed by atoms with Gasteiger partial charge in [-0.15, -0.1) is 0 Å². The van der Waals surface area contributed by atoms with Gasteiger partial charge in [-0.1, -0.05) is 0 Å². The minimum Gasteiger partial charge on any atom is -0.374 e. The second-order valence-electron chi connectivity index (χ2n) is 3.69. The fourth-order valence-electron chi connectivity index (χ4n) is 1.90. The number of likely N-dealkylation sites (tertiary alicyclic amines) is 1. The third kappa shape index (κ3) is 1.41. The molecule has 2 atom stereocenters. The van der Waals surface area contributed by atoms with Gasteiger partial charge < -0.3 is 9.64 Å². The van der Waals surface area contributed by atoms with Crippen LogP contribution in [0.4, 0.5) is 8.78 Å². The van der Waals surface area contributed by atoms with Crippen LogP contribution in [0, 0.1) is 0 Å². The smallest absolute Gasteiger partial charge is 0.322 e. The summed E-state index contributed by atoms with van der Waals surface area (Å²) in [5.74, 6) is -4.31. The Bertz CT molecular complexity index is 239. The van der Waals surface area contributed by atoms with E-state index in [9.17, 15) is 13.6 Å². The number of hydrogen-bond acceptors (Lipinski definition) is 2. The number of hydrogen-bond donors (Lipinski definition) is 0. The largest absolute Gasteiger partial charge is 0.374 e. The highest BCUT2D eigenvalue weighted by atomic mass is 19.3. The lowest BCUT2D eigenvalue weighted by Gasteiger charge is -2.28. The van der Waals surface area contributed by atoms with Crippen LogP contribution in [-0.4, -0.2) is 42.0 Å². The first-order valence-electron chi connectivity index (χ1n) is 4.29. The van der Waals surface area contributed by atoms with E-state index in [0.29, 0.717) is 26.5 Å². The summed E-state index contributed by atoms with van der Waals surface area (Å²) >= 11 is 0. The molecule has 2 aliphatic heterocycles. The number of morpholine rings is 1. The lowest BCUT2D eigenvalue weighted by Crippen LogP contribution is -2.48. The van der Waals surface area contributed by atoms with E-state index in [1.54, 1.807) is 0 Å². The first-order chi connectivity index (χ1) is 5.98. The second kappa shape index (κ2) is 2.64. The number of ether oxygens (including phenoxy) is 1. The molecule has 2 heterocycles. The Kier molecular flexibility index (Phi) is 1.80. The summed E-state index contributed by atoms with van der Waals surface area (Å²) in [4.78, 5) is 12.4. The molecule has 13 heavy (non-hydrogen) atoms. The first kappa shape index (κ1) is 8.87. The second-order valence-corrected chi connectivity index (χ2v) is 3.69. The monoisotopic (exact) mass is 191 g/mol. The molecule has 2 unspecified atom stereocenters. The SMILES string of the molecule is CC(F)(F)C(=O)N1CC2CC1CO2. The van der Waals surface area contributed by atoms with E-state index in [-0.39, 0.29) is 12.1 Å². The molecule has 2 aliphatic rings. The summed E-state index contributed by atoms with van der Waals surface area (Å²) < 4.78 is 30.5. The minimum atomic E-state index is -3.25. The van der Waals surface area contributed by atoms with Crippen molar-refractivity contribution in [2.75, 3.05) is 13.2 Å². The van der Waals surface area contributed by atoms with E-state index < -0.39 is 11.8 Å². The van der Waals surface area contributed by atoms with Crippen molar-refractivity contribution in [1.29, 1.82) is 0 Å². The Balaban J connectivity index is 2.07. The van der Waals surface area contributed by atoms with Crippen LogP contribution in [0.3, 0.4) is 0 Å². The molecule has 0 saturated carbocycles. The summed E-state index contributed by atoms with van der Waals surface area (Å²) in [6.45, 7) is 1.38. The van der Waals surface area contributed by atoms with Crippen LogP contribution in [0.5, 0.6) is 0 Å². The van der Waals surface area contributed by atoms with Gasteiger partial charge >= 0.3 is 5.92 Å². The number of alkyl halides is 2. The predicted molar refractivity (Wildman–Crippen MR) is 40.5 cm³/mol. The summed E-state index contributed by atoms with van der Waals surface area (Å²) in [6.07, 6.45) is 0.693. The van der Waals surface area contributed by atoms with E-state index in [0.717, 1.165) is 0 Å². The Morgan fingerprint density at radius 3 is 2.69 bits per heavy atom. The van der Waals surface area contributed by atoms with Crippen molar-refractivity contribution in [2.45, 2.75) is 31.4 Å². The molecule has 0 spiro atoms. The predicted octanol–water partition coefficient (Wildman–Crippen LogP) is 0.641. The van der Waals surface area contributed by atoms with Crippen LogP contribution < -0.4 is 0 Å². The highest BCUT2D eigenvalue weighted by molar-refractivity contribution is 5.83. The van der Waals surface area contributed by atoms with Crippen LogP contribution in [0.25, 0.3) is 0 Å². The molecule has 0 aromatic carbocycles. The molecule has 0 aromatic heterocycles. The van der Waals surface area contributed by atoms with Crippen molar-refractivity contribution in [3.05, 3.63) is 0 Å². The van der Waals surface area contributed by atoms with Crippen molar-refractivity contribution in [2.24, 2.45) is 0 Å². The summed E-state index contributed by atoms with van der Waals surface area (Å²) in [5.41, 5.74) is 0. The van der Waals surface area contributed by atoms with E-state index in [1.807, 2.05) is 0 Å². The highest BCUT2D eigenvalue weighted by Gasteiger charge is 2.47. The van der Waals surface area contributed by atoms with E-state index in [1.165, 1.54) is 4.90 Å². The van der Waals surface area contributed by atoms with Gasteiger partial charge in [0.2, 0.25) is 0 Å². The van der Waals surface area contributed by atoms with Crippen LogP contribution in [0.2, 0.25) is 0 Å². The molecular formula is C8H11F2NO2. The number of rotatable bonds is 1. The lowest BCUT2D eigenvalue weighted by molar-refractivity contribution is -0.159. The van der Waals surface area contributed by atoms with Crippen LogP contribution in [-0.2, 0) is 9.53 Å². The van der Waals surface area contributed by atoms with Gasteiger partial charge in [0.25, 0.3) is 5.91 Å². The fraction of sp³-hybridized carbons (Fsp3) is 0.875. The number of carbonyl (C=O) groups is 1. The molecule has 5 heteroatoms. The van der Waals surface area contributed by atoms with Gasteiger partial charge in [-0.05, 0) is 6.42 Å². The molecule has 2 saturated heterocycles. The number of fused-ring (bicyclic) bond motifs is 2. The quantitative estimate of drug-likeness (QED) is 0.608. The van der Waals surface area contributed by atoms with Gasteiger partial charge in [0, 0.05) is 13.5 Å². The summed E-state index contributed by atoms with van der Waals surface area (Å²) in [6, 6.07) is -0.122. The topological polar surface area (TPSA) is 29.5 Å². The summed E-state index contributed by atoms with van der Waals surface area (Å²) in [7, 11) is 0. The highest BCUT2D eigenvalue weighted by Crippen LogP contribution is 2.30. The molecule has 2 bridgehead atoms. The Labute approximate surface area is 74.6 Å². The molecule has 0 aliphatic carbocycles. The van der Waals surface area contributed by atoms with Crippen LogP contribution in [0.1, 0.15) is 13.3 Å². The van der Waals surface area contributed by atoms with Gasteiger partial charge in [0.05, 0.1) is 18.8 Å². The van der Waals surface area contributed by atoms with Crippen molar-refractivity contribution in [3.8, 4) is 0 Å². The Hall–Kier alpha value is -0.710. The third-order valence-electron chi connectivity index (χ3n) is 2.54. The van der Waals surface area contributed by atoms with Crippen LogP contribution in [0.15, 0.2) is 0 Å². The fourth-order valence-corrected chi connectivity index (χ4v) is 1.90. The molecule has 0 N–H and O–H groups in total. The lowest BCUT2D eigenvalue weighted by atomic mass is 10.2. The number of carbonyl (C=O) groups excluding carboxylic acids is 1. The number of amides is 1. The van der Waals surface area contributed by atoms with Crippen LogP contribution >= 0.6 is 0 Å². The summed E-state index contributed by atoms with van der Waals surface area (Å²) in [5, 5.41) is 0. The van der Waals surface area contributed by atoms with E-state index in [4.69, 9.17) is 4.74 Å². The van der Waals surface area contributed by atoms with Gasteiger partial charge in [-0.3, -0.25) is 4.79 Å². The maximum Gasteiger partial charge on any atom is 0.322 e. The van der Waals surface area contributed by atoms with Crippen molar-refractivity contribution < 1.29 is 18.3 Å². The van der Waals surface area contributed by atoms with Crippen molar-refractivity contribution >= 4 is 5.91 Å². The van der Waals surface area contributed by atoms with Gasteiger partial charge in [-0.2, -0.15) is 8.78 Å². The van der Waals surface area contributed by atoms with E-state index in [2.05, 4.69) is 0 Å². The molecule has 0 radical (unpaired) electrons. The molecule has 1 amide bonds. The zero-order chi connectivity index (χ0) is 9.64. The van der Waals surface area contributed by atoms with Crippen molar-refractivity contribution in [1.82, 2.24) is 4.90 Å². The molecule has 3 nitrogen and oxygen atoms in total. The van der Waals surface area contributed by atoms with E-state index >= 15 is 0 Å². The van der Waals surface area contributed by atoms with Gasteiger partial charge in [0.1, 0.15) is 0 Å². The maximum absolute atomic E-state index is 12.7.